The van der Waals surface area contributed by atoms with Crippen LogP contribution in [0.1, 0.15) is 44.5 Å². The highest BCUT2D eigenvalue weighted by Crippen LogP contribution is 2.38. The molecule has 0 aliphatic heterocycles. The maximum atomic E-state index is 12.9. The fourth-order valence-electron chi connectivity index (χ4n) is 5.94. The van der Waals surface area contributed by atoms with E-state index in [0.717, 1.165) is 56.0 Å². The van der Waals surface area contributed by atoms with Crippen molar-refractivity contribution < 1.29 is 14.6 Å². The van der Waals surface area contributed by atoms with Crippen molar-refractivity contribution >= 4 is 5.97 Å². The number of carbonyl (C=O) groups is 1. The van der Waals surface area contributed by atoms with Gasteiger partial charge in [-0.1, -0.05) is 109 Å². The summed E-state index contributed by atoms with van der Waals surface area (Å²) < 4.78 is 6.33. The minimum absolute atomic E-state index is 0.301. The molecule has 42 heavy (non-hydrogen) atoms. The first-order chi connectivity index (χ1) is 20.3. The second-order valence-electron chi connectivity index (χ2n) is 11.1. The maximum absolute atomic E-state index is 12.9. The quantitative estimate of drug-likeness (QED) is 0.170. The van der Waals surface area contributed by atoms with Crippen LogP contribution in [0.4, 0.5) is 0 Å². The van der Waals surface area contributed by atoms with Crippen LogP contribution in [0.15, 0.2) is 121 Å². The number of carboxylic acids is 1. The minimum Gasteiger partial charge on any atom is -0.480 e. The molecule has 4 heteroatoms. The van der Waals surface area contributed by atoms with E-state index in [2.05, 4.69) is 61.6 Å². The second kappa shape index (κ2) is 12.5. The van der Waals surface area contributed by atoms with Crippen LogP contribution in [0.2, 0.25) is 0 Å². The molecule has 0 saturated carbocycles. The van der Waals surface area contributed by atoms with Gasteiger partial charge >= 0.3 is 5.97 Å². The summed E-state index contributed by atoms with van der Waals surface area (Å²) in [5.41, 5.74) is 7.18. The number of nitrogens with one attached hydrogen (secondary N) is 1. The molecule has 0 aliphatic carbocycles. The van der Waals surface area contributed by atoms with E-state index in [9.17, 15) is 9.90 Å². The number of ether oxygens (including phenoxy) is 1. The summed E-state index contributed by atoms with van der Waals surface area (Å²) in [5, 5.41) is 14.2. The first-order valence-electron chi connectivity index (χ1n) is 14.3. The Bertz CT molecular complexity index is 1520. The Morgan fingerprint density at radius 3 is 1.52 bits per heavy atom. The van der Waals surface area contributed by atoms with Gasteiger partial charge in [0.2, 0.25) is 0 Å². The summed E-state index contributed by atoms with van der Waals surface area (Å²) in [6.45, 7) is 8.14. The lowest BCUT2D eigenvalue weighted by Gasteiger charge is -2.39. The van der Waals surface area contributed by atoms with Crippen LogP contribution >= 0.6 is 0 Å². The molecular formula is C38H37NO3. The summed E-state index contributed by atoms with van der Waals surface area (Å²) in [6, 6.07) is 39.6. The Hall–Kier alpha value is -4.67. The van der Waals surface area contributed by atoms with Crippen LogP contribution < -0.4 is 10.1 Å². The van der Waals surface area contributed by atoms with Gasteiger partial charge in [-0.15, -0.1) is 0 Å². The number of hydrogen-bond donors (Lipinski definition) is 2. The molecule has 4 nitrogen and oxygen atoms in total. The van der Waals surface area contributed by atoms with Crippen LogP contribution in [-0.2, 0) is 16.8 Å². The third-order valence-corrected chi connectivity index (χ3v) is 7.68. The van der Waals surface area contributed by atoms with E-state index in [-0.39, 0.29) is 0 Å². The highest BCUT2D eigenvalue weighted by molar-refractivity contribution is 5.75. The number of benzene rings is 5. The Kier molecular flexibility index (Phi) is 8.56. The van der Waals surface area contributed by atoms with E-state index in [1.807, 2.05) is 92.7 Å². The molecule has 0 bridgehead atoms. The van der Waals surface area contributed by atoms with Crippen molar-refractivity contribution in [3.63, 3.8) is 0 Å². The molecule has 0 fully saturated rings. The zero-order valence-electron chi connectivity index (χ0n) is 24.6. The van der Waals surface area contributed by atoms with Crippen LogP contribution in [0, 0.1) is 27.7 Å². The summed E-state index contributed by atoms with van der Waals surface area (Å²) in [6.07, 6.45) is 0.301. The molecule has 5 aromatic carbocycles. The zero-order chi connectivity index (χ0) is 29.7. The number of aryl methyl sites for hydroxylation is 4. The highest BCUT2D eigenvalue weighted by Gasteiger charge is 2.39. The predicted molar refractivity (Wildman–Crippen MR) is 169 cm³/mol. The molecule has 0 aromatic heterocycles. The van der Waals surface area contributed by atoms with Crippen molar-refractivity contribution in [3.05, 3.63) is 166 Å². The minimum atomic E-state index is -0.909. The van der Waals surface area contributed by atoms with Gasteiger partial charge in [-0.3, -0.25) is 10.1 Å². The van der Waals surface area contributed by atoms with Crippen molar-refractivity contribution in [2.75, 3.05) is 0 Å². The van der Waals surface area contributed by atoms with Gasteiger partial charge in [-0.05, 0) is 90.8 Å². The van der Waals surface area contributed by atoms with Crippen molar-refractivity contribution in [1.29, 1.82) is 0 Å². The fourth-order valence-corrected chi connectivity index (χ4v) is 5.94. The van der Waals surface area contributed by atoms with E-state index in [1.165, 1.54) is 0 Å². The van der Waals surface area contributed by atoms with Crippen molar-refractivity contribution in [3.8, 4) is 11.5 Å². The molecule has 2 N–H and O–H groups in total. The third-order valence-electron chi connectivity index (χ3n) is 7.68. The molecule has 5 aromatic rings. The summed E-state index contributed by atoms with van der Waals surface area (Å²) in [7, 11) is 0. The number of hydrogen-bond acceptors (Lipinski definition) is 3. The fraction of sp³-hybridized carbons (Fsp3) is 0.184. The summed E-state index contributed by atoms with van der Waals surface area (Å²) in [5.74, 6) is 0.693. The van der Waals surface area contributed by atoms with E-state index in [4.69, 9.17) is 4.74 Å². The highest BCUT2D eigenvalue weighted by atomic mass is 16.5. The molecule has 0 amide bonds. The molecule has 5 rings (SSSR count). The van der Waals surface area contributed by atoms with E-state index in [0.29, 0.717) is 6.42 Å². The molecule has 0 radical (unpaired) electrons. The maximum Gasteiger partial charge on any atom is 0.321 e. The molecular weight excluding hydrogens is 518 g/mol. The van der Waals surface area contributed by atoms with Gasteiger partial charge in [-0.25, -0.2) is 0 Å². The van der Waals surface area contributed by atoms with Crippen molar-refractivity contribution in [2.45, 2.75) is 45.7 Å². The first kappa shape index (κ1) is 28.8. The SMILES string of the molecule is Cc1cc(C)cc(Oc2c(C)cc(CC(NC(c3ccccc3)(c3ccccc3)c3ccccc3)C(=O)O)cc2C)c1. The topological polar surface area (TPSA) is 58.6 Å². The van der Waals surface area contributed by atoms with Crippen LogP contribution in [0.3, 0.4) is 0 Å². The third kappa shape index (κ3) is 6.14. The van der Waals surface area contributed by atoms with Gasteiger partial charge < -0.3 is 9.84 Å². The van der Waals surface area contributed by atoms with Crippen molar-refractivity contribution in [2.24, 2.45) is 0 Å². The van der Waals surface area contributed by atoms with E-state index >= 15 is 0 Å². The van der Waals surface area contributed by atoms with Crippen LogP contribution in [0.5, 0.6) is 11.5 Å². The van der Waals surface area contributed by atoms with Gasteiger partial charge in [0.15, 0.2) is 0 Å². The second-order valence-corrected chi connectivity index (χ2v) is 11.1. The first-order valence-corrected chi connectivity index (χ1v) is 14.3. The standard InChI is InChI=1S/C38H37NO3/c1-26-20-27(2)22-34(21-26)42-36-28(3)23-30(24-29(36)4)25-35(37(40)41)39-38(31-14-8-5-9-15-31,32-16-10-6-11-17-32)33-18-12-7-13-19-33/h5-24,35,39H,25H2,1-4H3,(H,40,41). The lowest BCUT2D eigenvalue weighted by atomic mass is 9.76. The monoisotopic (exact) mass is 555 g/mol. The number of carboxylic acid groups (broad SMARTS) is 1. The van der Waals surface area contributed by atoms with Gasteiger partial charge in [0.05, 0.1) is 5.54 Å². The Balaban J connectivity index is 1.54. The van der Waals surface area contributed by atoms with Gasteiger partial charge in [-0.2, -0.15) is 0 Å². The average Bonchev–Trinajstić information content (AvgIpc) is 2.98. The number of rotatable bonds is 10. The van der Waals surface area contributed by atoms with E-state index < -0.39 is 17.6 Å². The molecule has 0 spiro atoms. The molecule has 0 saturated heterocycles. The Morgan fingerprint density at radius 1 is 0.690 bits per heavy atom. The molecule has 0 heterocycles. The lowest BCUT2D eigenvalue weighted by molar-refractivity contribution is -0.139. The summed E-state index contributed by atoms with van der Waals surface area (Å²) in [4.78, 5) is 12.9. The van der Waals surface area contributed by atoms with Crippen LogP contribution in [0.25, 0.3) is 0 Å². The zero-order valence-corrected chi connectivity index (χ0v) is 24.6. The predicted octanol–water partition coefficient (Wildman–Crippen LogP) is 8.29. The average molecular weight is 556 g/mol. The Morgan fingerprint density at radius 2 is 1.12 bits per heavy atom. The van der Waals surface area contributed by atoms with Gasteiger partial charge in [0, 0.05) is 0 Å². The largest absolute Gasteiger partial charge is 0.480 e. The molecule has 0 aliphatic rings. The summed E-state index contributed by atoms with van der Waals surface area (Å²) >= 11 is 0. The molecule has 212 valence electrons. The van der Waals surface area contributed by atoms with Gasteiger partial charge in [0.1, 0.15) is 17.5 Å². The smallest absolute Gasteiger partial charge is 0.321 e. The molecule has 1 atom stereocenters. The van der Waals surface area contributed by atoms with E-state index in [1.54, 1.807) is 0 Å². The van der Waals surface area contributed by atoms with Gasteiger partial charge in [0.25, 0.3) is 0 Å². The van der Waals surface area contributed by atoms with Crippen molar-refractivity contribution in [1.82, 2.24) is 5.32 Å². The molecule has 1 unspecified atom stereocenters. The lowest BCUT2D eigenvalue weighted by Crippen LogP contribution is -2.53. The normalized spacial score (nSPS) is 12.1. The van der Waals surface area contributed by atoms with Crippen LogP contribution in [-0.4, -0.2) is 17.1 Å². The number of aliphatic carboxylic acids is 1. The Labute approximate surface area is 248 Å².